The van der Waals surface area contributed by atoms with Gasteiger partial charge in [0.15, 0.2) is 0 Å². The lowest BCUT2D eigenvalue weighted by atomic mass is 9.97. The molecule has 1 aliphatic heterocycles. The molecule has 1 saturated carbocycles. The molecule has 3 rings (SSSR count). The van der Waals surface area contributed by atoms with Gasteiger partial charge in [0.2, 0.25) is 11.8 Å². The first-order chi connectivity index (χ1) is 13.5. The van der Waals surface area contributed by atoms with Crippen LogP contribution in [0.2, 0.25) is 0 Å². The zero-order chi connectivity index (χ0) is 20.1. The third kappa shape index (κ3) is 3.95. The van der Waals surface area contributed by atoms with Crippen LogP contribution in [0.4, 0.5) is 4.79 Å². The Balaban J connectivity index is 1.61. The van der Waals surface area contributed by atoms with Gasteiger partial charge in [-0.05, 0) is 32.3 Å². The third-order valence-corrected chi connectivity index (χ3v) is 5.46. The van der Waals surface area contributed by atoms with Crippen LogP contribution in [0.5, 0.6) is 5.88 Å². The predicted octanol–water partition coefficient (Wildman–Crippen LogP) is 2.13. The Hall–Kier alpha value is -2.64. The van der Waals surface area contributed by atoms with Crippen LogP contribution in [0.25, 0.3) is 0 Å². The van der Waals surface area contributed by atoms with E-state index in [9.17, 15) is 14.4 Å². The summed E-state index contributed by atoms with van der Waals surface area (Å²) in [6.45, 7) is 4.43. The Bertz CT molecular complexity index is 745. The Morgan fingerprint density at radius 3 is 2.86 bits per heavy atom. The Kier molecular flexibility index (Phi) is 6.16. The number of aromatic nitrogens is 1. The van der Waals surface area contributed by atoms with Crippen molar-refractivity contribution in [3.8, 4) is 5.88 Å². The minimum atomic E-state index is -0.881. The second kappa shape index (κ2) is 8.58. The Morgan fingerprint density at radius 2 is 2.14 bits per heavy atom. The molecule has 152 valence electrons. The first-order valence-corrected chi connectivity index (χ1v) is 9.99. The van der Waals surface area contributed by atoms with Gasteiger partial charge in [-0.3, -0.25) is 9.59 Å². The lowest BCUT2D eigenvalue weighted by Gasteiger charge is -2.23. The minimum absolute atomic E-state index is 0.216. The van der Waals surface area contributed by atoms with Crippen molar-refractivity contribution in [1.29, 1.82) is 0 Å². The largest absolute Gasteiger partial charge is 0.477 e. The van der Waals surface area contributed by atoms with Crippen LogP contribution in [-0.4, -0.2) is 45.9 Å². The van der Waals surface area contributed by atoms with Crippen molar-refractivity contribution in [3.05, 3.63) is 23.9 Å². The van der Waals surface area contributed by atoms with Crippen LogP contribution in [-0.2, 0) is 16.1 Å². The van der Waals surface area contributed by atoms with E-state index < -0.39 is 17.6 Å². The number of carbonyl (C=O) groups excluding carboxylic acids is 3. The van der Waals surface area contributed by atoms with Gasteiger partial charge < -0.3 is 15.4 Å². The smallest absolute Gasteiger partial charge is 0.325 e. The average molecular weight is 388 g/mol. The van der Waals surface area contributed by atoms with Gasteiger partial charge in [0, 0.05) is 18.3 Å². The number of nitrogens with zero attached hydrogens (tertiary/aromatic N) is 2. The number of ether oxygens (including phenoxy) is 1. The van der Waals surface area contributed by atoms with E-state index in [2.05, 4.69) is 22.5 Å². The number of hydrogen-bond acceptors (Lipinski definition) is 5. The Morgan fingerprint density at radius 1 is 1.39 bits per heavy atom. The molecule has 1 atom stereocenters. The lowest BCUT2D eigenvalue weighted by molar-refractivity contribution is -0.137. The number of pyridine rings is 1. The number of carbonyl (C=O) groups is 3. The van der Waals surface area contributed by atoms with Crippen molar-refractivity contribution in [1.82, 2.24) is 20.5 Å². The second-order valence-corrected chi connectivity index (χ2v) is 7.46. The summed E-state index contributed by atoms with van der Waals surface area (Å²) in [5, 5.41) is 5.60. The van der Waals surface area contributed by atoms with E-state index in [1.54, 1.807) is 19.2 Å². The number of unbranched alkanes of at least 4 members (excludes halogenated alkanes) is 1. The maximum atomic E-state index is 12.8. The van der Waals surface area contributed by atoms with Gasteiger partial charge in [-0.25, -0.2) is 14.7 Å². The fourth-order valence-corrected chi connectivity index (χ4v) is 3.76. The van der Waals surface area contributed by atoms with E-state index in [1.807, 2.05) is 6.07 Å². The summed E-state index contributed by atoms with van der Waals surface area (Å²) in [6.07, 6.45) is 6.66. The van der Waals surface area contributed by atoms with Crippen molar-refractivity contribution in [2.24, 2.45) is 0 Å². The molecule has 1 unspecified atom stereocenters. The summed E-state index contributed by atoms with van der Waals surface area (Å²) in [5.41, 5.74) is -0.0569. The van der Waals surface area contributed by atoms with Crippen LogP contribution < -0.4 is 15.4 Å². The van der Waals surface area contributed by atoms with E-state index in [0.29, 0.717) is 25.3 Å². The number of rotatable bonds is 8. The molecule has 2 aliphatic rings. The number of hydrogen-bond donors (Lipinski definition) is 2. The monoisotopic (exact) mass is 388 g/mol. The second-order valence-electron chi connectivity index (χ2n) is 7.46. The van der Waals surface area contributed by atoms with Gasteiger partial charge in [-0.1, -0.05) is 32.3 Å². The molecule has 1 aromatic rings. The predicted molar refractivity (Wildman–Crippen MR) is 103 cm³/mol. The van der Waals surface area contributed by atoms with Crippen molar-refractivity contribution in [2.75, 3.05) is 6.61 Å². The maximum absolute atomic E-state index is 12.8. The highest BCUT2D eigenvalue weighted by atomic mass is 16.5. The number of nitrogens with one attached hydrogen (secondary N) is 2. The third-order valence-electron chi connectivity index (χ3n) is 5.46. The SMILES string of the molecule is CCCCOc1ncccc1CNC(=O)C(C)N1C(=O)NC2(CCCC2)C1=O. The molecule has 0 radical (unpaired) electrons. The van der Waals surface area contributed by atoms with E-state index in [4.69, 9.17) is 4.74 Å². The standard InChI is InChI=1S/C20H28N4O4/c1-3-4-12-28-17-15(8-7-11-21-17)13-22-16(25)14(2)24-18(26)20(23-19(24)27)9-5-6-10-20/h7-8,11,14H,3-6,9-10,12-13H2,1-2H3,(H,22,25)(H,23,27). The van der Waals surface area contributed by atoms with Crippen LogP contribution >= 0.6 is 0 Å². The zero-order valence-electron chi connectivity index (χ0n) is 16.5. The highest BCUT2D eigenvalue weighted by Gasteiger charge is 2.54. The zero-order valence-corrected chi connectivity index (χ0v) is 16.5. The molecule has 2 fully saturated rings. The molecule has 2 heterocycles. The maximum Gasteiger partial charge on any atom is 0.325 e. The fourth-order valence-electron chi connectivity index (χ4n) is 3.76. The van der Waals surface area contributed by atoms with E-state index in [-0.39, 0.29) is 18.4 Å². The van der Waals surface area contributed by atoms with Crippen molar-refractivity contribution >= 4 is 17.8 Å². The van der Waals surface area contributed by atoms with Crippen LogP contribution in [0, 0.1) is 0 Å². The molecule has 0 bridgehead atoms. The van der Waals surface area contributed by atoms with Crippen molar-refractivity contribution < 1.29 is 19.1 Å². The van der Waals surface area contributed by atoms with Crippen molar-refractivity contribution in [3.63, 3.8) is 0 Å². The molecule has 0 aromatic carbocycles. The van der Waals surface area contributed by atoms with Gasteiger partial charge >= 0.3 is 6.03 Å². The van der Waals surface area contributed by atoms with Gasteiger partial charge in [-0.2, -0.15) is 0 Å². The van der Waals surface area contributed by atoms with E-state index in [0.717, 1.165) is 36.1 Å². The molecule has 8 heteroatoms. The van der Waals surface area contributed by atoms with Gasteiger partial charge in [0.05, 0.1) is 6.61 Å². The van der Waals surface area contributed by atoms with Crippen LogP contribution in [0.1, 0.15) is 57.9 Å². The molecule has 1 aliphatic carbocycles. The quantitative estimate of drug-likeness (QED) is 0.525. The number of imide groups is 1. The molecule has 8 nitrogen and oxygen atoms in total. The topological polar surface area (TPSA) is 101 Å². The number of urea groups is 1. The lowest BCUT2D eigenvalue weighted by Crippen LogP contribution is -2.49. The fraction of sp³-hybridized carbons (Fsp3) is 0.600. The molecule has 28 heavy (non-hydrogen) atoms. The van der Waals surface area contributed by atoms with E-state index in [1.165, 1.54) is 0 Å². The minimum Gasteiger partial charge on any atom is -0.477 e. The van der Waals surface area contributed by atoms with Gasteiger partial charge in [0.25, 0.3) is 5.91 Å². The highest BCUT2D eigenvalue weighted by Crippen LogP contribution is 2.35. The highest BCUT2D eigenvalue weighted by molar-refractivity contribution is 6.09. The van der Waals surface area contributed by atoms with Crippen LogP contribution in [0.3, 0.4) is 0 Å². The van der Waals surface area contributed by atoms with Crippen LogP contribution in [0.15, 0.2) is 18.3 Å². The van der Waals surface area contributed by atoms with E-state index >= 15 is 0 Å². The summed E-state index contributed by atoms with van der Waals surface area (Å²) >= 11 is 0. The molecule has 1 aromatic heterocycles. The van der Waals surface area contributed by atoms with Crippen molar-refractivity contribution in [2.45, 2.75) is 70.5 Å². The average Bonchev–Trinajstić information content (AvgIpc) is 3.25. The summed E-state index contributed by atoms with van der Waals surface area (Å²) in [5.74, 6) is -0.187. The molecule has 1 saturated heterocycles. The molecular weight excluding hydrogens is 360 g/mol. The molecule has 4 amide bonds. The summed E-state index contributed by atoms with van der Waals surface area (Å²) in [7, 11) is 0. The number of amides is 4. The summed E-state index contributed by atoms with van der Waals surface area (Å²) in [4.78, 5) is 43.0. The summed E-state index contributed by atoms with van der Waals surface area (Å²) in [6, 6.07) is 2.24. The first-order valence-electron chi connectivity index (χ1n) is 9.99. The van der Waals surface area contributed by atoms with Gasteiger partial charge in [-0.15, -0.1) is 0 Å². The normalized spacial score (nSPS) is 19.0. The molecule has 1 spiro atoms. The summed E-state index contributed by atoms with van der Waals surface area (Å²) < 4.78 is 5.68. The molecule has 2 N–H and O–H groups in total. The first kappa shape index (κ1) is 20.1. The van der Waals surface area contributed by atoms with Gasteiger partial charge in [0.1, 0.15) is 11.6 Å². The Labute approximate surface area is 165 Å². The molecular formula is C20H28N4O4.